The number of rotatable bonds is 4. The van der Waals surface area contributed by atoms with Crippen LogP contribution in [-0.4, -0.2) is 70.0 Å². The highest BCUT2D eigenvalue weighted by molar-refractivity contribution is 5.82. The van der Waals surface area contributed by atoms with Gasteiger partial charge in [-0.1, -0.05) is 0 Å². The Labute approximate surface area is 92.7 Å². The van der Waals surface area contributed by atoms with Crippen molar-refractivity contribution in [2.45, 2.75) is 25.2 Å². The number of hydrogen-bond acceptors (Lipinski definition) is 5. The molecule has 0 radical (unpaired) electrons. The Morgan fingerprint density at radius 3 is 2.25 bits per heavy atom. The summed E-state index contributed by atoms with van der Waals surface area (Å²) in [6, 6.07) is -1.02. The maximum absolute atomic E-state index is 10.8. The second kappa shape index (κ2) is 5.24. The van der Waals surface area contributed by atoms with Gasteiger partial charge in [-0.3, -0.25) is 9.69 Å². The second-order valence-corrected chi connectivity index (χ2v) is 3.94. The molecule has 1 aliphatic heterocycles. The molecule has 0 aliphatic carbocycles. The molecule has 92 valence electrons. The van der Waals surface area contributed by atoms with Crippen molar-refractivity contribution in [2.24, 2.45) is 0 Å². The lowest BCUT2D eigenvalue weighted by atomic mass is 10.2. The number of hydrogen-bond donors (Lipinski definition) is 4. The number of likely N-dealkylation sites (tertiary alicyclic amines) is 1. The maximum Gasteiger partial charge on any atom is 0.327 e. The molecule has 3 unspecified atom stereocenters. The third-order valence-electron chi connectivity index (χ3n) is 2.45. The average Bonchev–Trinajstić information content (AvgIpc) is 2.44. The highest BCUT2D eigenvalue weighted by Gasteiger charge is 2.32. The fourth-order valence-corrected chi connectivity index (χ4v) is 1.69. The topological polar surface area (TPSA) is 110 Å². The van der Waals surface area contributed by atoms with E-state index in [0.717, 1.165) is 0 Å². The predicted molar refractivity (Wildman–Crippen MR) is 53.7 cm³/mol. The van der Waals surface area contributed by atoms with Crippen LogP contribution in [0, 0.1) is 0 Å². The van der Waals surface area contributed by atoms with Gasteiger partial charge >= 0.3 is 5.97 Å². The van der Waals surface area contributed by atoms with Gasteiger partial charge < -0.3 is 20.6 Å². The molecule has 1 fully saturated rings. The molecular formula is C9H16N2O5. The largest absolute Gasteiger partial charge is 0.480 e. The summed E-state index contributed by atoms with van der Waals surface area (Å²) in [7, 11) is 0. The number of nitrogens with one attached hydrogen (secondary N) is 1. The van der Waals surface area contributed by atoms with Crippen LogP contribution in [0.2, 0.25) is 0 Å². The van der Waals surface area contributed by atoms with Crippen LogP contribution < -0.4 is 5.32 Å². The van der Waals surface area contributed by atoms with Crippen LogP contribution >= 0.6 is 0 Å². The smallest absolute Gasteiger partial charge is 0.327 e. The molecule has 1 saturated heterocycles. The first-order valence-electron chi connectivity index (χ1n) is 4.98. The lowest BCUT2D eigenvalue weighted by Gasteiger charge is -2.20. The van der Waals surface area contributed by atoms with Crippen molar-refractivity contribution in [3.05, 3.63) is 0 Å². The van der Waals surface area contributed by atoms with E-state index in [1.54, 1.807) is 4.90 Å². The Morgan fingerprint density at radius 1 is 1.38 bits per heavy atom. The van der Waals surface area contributed by atoms with E-state index in [-0.39, 0.29) is 19.6 Å². The van der Waals surface area contributed by atoms with Gasteiger partial charge in [0, 0.05) is 26.6 Å². The minimum absolute atomic E-state index is 0.0725. The number of aliphatic hydroxyl groups excluding tert-OH is 2. The van der Waals surface area contributed by atoms with Crippen LogP contribution in [-0.2, 0) is 9.59 Å². The van der Waals surface area contributed by atoms with E-state index in [9.17, 15) is 19.8 Å². The molecule has 0 bridgehead atoms. The Hall–Kier alpha value is -1.18. The summed E-state index contributed by atoms with van der Waals surface area (Å²) in [4.78, 5) is 23.2. The molecule has 0 aromatic heterocycles. The van der Waals surface area contributed by atoms with Crippen molar-refractivity contribution < 1.29 is 24.9 Å². The van der Waals surface area contributed by atoms with Crippen molar-refractivity contribution in [1.29, 1.82) is 0 Å². The molecule has 1 amide bonds. The van der Waals surface area contributed by atoms with E-state index >= 15 is 0 Å². The molecule has 16 heavy (non-hydrogen) atoms. The van der Waals surface area contributed by atoms with E-state index < -0.39 is 30.1 Å². The lowest BCUT2D eigenvalue weighted by Crippen LogP contribution is -2.47. The third kappa shape index (κ3) is 3.44. The Bertz CT molecular complexity index is 273. The van der Waals surface area contributed by atoms with Gasteiger partial charge in [0.2, 0.25) is 5.91 Å². The van der Waals surface area contributed by atoms with Crippen LogP contribution in [0.25, 0.3) is 0 Å². The summed E-state index contributed by atoms with van der Waals surface area (Å²) >= 11 is 0. The Kier molecular flexibility index (Phi) is 4.22. The molecule has 1 heterocycles. The van der Waals surface area contributed by atoms with E-state index in [1.165, 1.54) is 6.92 Å². The number of nitrogens with zero attached hydrogens (tertiary/aromatic N) is 1. The lowest BCUT2D eigenvalue weighted by molar-refractivity contribution is -0.142. The molecule has 0 aromatic rings. The molecule has 7 heteroatoms. The van der Waals surface area contributed by atoms with Crippen LogP contribution in [0.3, 0.4) is 0 Å². The number of β-amino-alcohol motifs (C(OH)–C–C–N with tert-alkyl or cyclic N) is 2. The van der Waals surface area contributed by atoms with Gasteiger partial charge in [0.25, 0.3) is 0 Å². The third-order valence-corrected chi connectivity index (χ3v) is 2.45. The minimum Gasteiger partial charge on any atom is -0.480 e. The number of carboxylic acids is 1. The maximum atomic E-state index is 10.8. The van der Waals surface area contributed by atoms with Gasteiger partial charge in [0.05, 0.1) is 12.2 Å². The number of carbonyl (C=O) groups is 2. The first-order valence-corrected chi connectivity index (χ1v) is 4.98. The van der Waals surface area contributed by atoms with Gasteiger partial charge in [0.1, 0.15) is 6.04 Å². The molecule has 1 aliphatic rings. The van der Waals surface area contributed by atoms with Crippen molar-refractivity contribution >= 4 is 11.9 Å². The Morgan fingerprint density at radius 2 is 1.88 bits per heavy atom. The average molecular weight is 232 g/mol. The van der Waals surface area contributed by atoms with Crippen LogP contribution in [0.1, 0.15) is 6.92 Å². The van der Waals surface area contributed by atoms with E-state index in [2.05, 4.69) is 5.32 Å². The summed E-state index contributed by atoms with van der Waals surface area (Å²) in [6.45, 7) is 1.74. The van der Waals surface area contributed by atoms with Gasteiger partial charge in [-0.2, -0.15) is 0 Å². The second-order valence-electron chi connectivity index (χ2n) is 3.94. The summed E-state index contributed by atoms with van der Waals surface area (Å²) in [5.41, 5.74) is 0. The molecule has 7 nitrogen and oxygen atoms in total. The first-order chi connectivity index (χ1) is 7.40. The molecule has 4 N–H and O–H groups in total. The molecule has 0 saturated carbocycles. The van der Waals surface area contributed by atoms with E-state index in [0.29, 0.717) is 0 Å². The number of aliphatic carboxylic acids is 1. The van der Waals surface area contributed by atoms with Crippen LogP contribution in [0.5, 0.6) is 0 Å². The zero-order chi connectivity index (χ0) is 12.3. The van der Waals surface area contributed by atoms with Crippen molar-refractivity contribution in [2.75, 3.05) is 19.6 Å². The SMILES string of the molecule is CC(=O)NC(CN1CC(O)C(O)C1)C(=O)O. The molecule has 0 spiro atoms. The predicted octanol–water partition coefficient (Wildman–Crippen LogP) is -2.39. The minimum atomic E-state index is -1.13. The zero-order valence-electron chi connectivity index (χ0n) is 8.96. The van der Waals surface area contributed by atoms with Gasteiger partial charge in [-0.15, -0.1) is 0 Å². The normalized spacial score (nSPS) is 27.7. The van der Waals surface area contributed by atoms with Crippen LogP contribution in [0.15, 0.2) is 0 Å². The van der Waals surface area contributed by atoms with Crippen LogP contribution in [0.4, 0.5) is 0 Å². The van der Waals surface area contributed by atoms with Crippen molar-refractivity contribution in [3.63, 3.8) is 0 Å². The van der Waals surface area contributed by atoms with Gasteiger partial charge in [0.15, 0.2) is 0 Å². The highest BCUT2D eigenvalue weighted by atomic mass is 16.4. The quantitative estimate of drug-likeness (QED) is 0.430. The number of amides is 1. The summed E-state index contributed by atoms with van der Waals surface area (Å²) < 4.78 is 0. The number of aliphatic hydroxyl groups is 2. The number of carboxylic acid groups (broad SMARTS) is 1. The van der Waals surface area contributed by atoms with Gasteiger partial charge in [-0.05, 0) is 0 Å². The van der Waals surface area contributed by atoms with Gasteiger partial charge in [-0.25, -0.2) is 4.79 Å². The molecule has 0 aromatic carbocycles. The molecular weight excluding hydrogens is 216 g/mol. The molecule has 1 rings (SSSR count). The first kappa shape index (κ1) is 12.9. The summed E-state index contributed by atoms with van der Waals surface area (Å²) in [6.07, 6.45) is -1.71. The zero-order valence-corrected chi connectivity index (χ0v) is 8.96. The summed E-state index contributed by atoms with van der Waals surface area (Å²) in [5.74, 6) is -1.56. The fraction of sp³-hybridized carbons (Fsp3) is 0.778. The molecule has 3 atom stereocenters. The van der Waals surface area contributed by atoms with Crippen molar-refractivity contribution in [1.82, 2.24) is 10.2 Å². The van der Waals surface area contributed by atoms with E-state index in [1.807, 2.05) is 0 Å². The Balaban J connectivity index is 2.49. The van der Waals surface area contributed by atoms with E-state index in [4.69, 9.17) is 5.11 Å². The monoisotopic (exact) mass is 232 g/mol. The standard InChI is InChI=1S/C9H16N2O5/c1-5(12)10-6(9(15)16)2-11-3-7(13)8(14)4-11/h6-8,13-14H,2-4H2,1H3,(H,10,12)(H,15,16). The fourth-order valence-electron chi connectivity index (χ4n) is 1.69. The van der Waals surface area contributed by atoms with Crippen molar-refractivity contribution in [3.8, 4) is 0 Å². The number of carbonyl (C=O) groups excluding carboxylic acids is 1. The highest BCUT2D eigenvalue weighted by Crippen LogP contribution is 2.10. The summed E-state index contributed by atoms with van der Waals surface area (Å²) in [5, 5.41) is 29.7.